The molecule has 0 amide bonds. The van der Waals surface area contributed by atoms with Crippen molar-refractivity contribution in [3.8, 4) is 0 Å². The highest BCUT2D eigenvalue weighted by atomic mass is 32.2. The molecule has 0 aliphatic carbocycles. The van der Waals surface area contributed by atoms with Gasteiger partial charge in [0.2, 0.25) is 0 Å². The van der Waals surface area contributed by atoms with E-state index in [9.17, 15) is 0 Å². The van der Waals surface area contributed by atoms with Crippen molar-refractivity contribution in [3.63, 3.8) is 0 Å². The molecule has 14 heavy (non-hydrogen) atoms. The second kappa shape index (κ2) is 7.51. The lowest BCUT2D eigenvalue weighted by molar-refractivity contribution is 0.0435. The lowest BCUT2D eigenvalue weighted by Crippen LogP contribution is -2.39. The first-order valence-electron chi connectivity index (χ1n) is 5.06. The monoisotopic (exact) mass is 221 g/mol. The van der Waals surface area contributed by atoms with Crippen LogP contribution in [0.15, 0.2) is 0 Å². The van der Waals surface area contributed by atoms with E-state index in [0.29, 0.717) is 0 Å². The average Bonchev–Trinajstić information content (AvgIpc) is 2.18. The van der Waals surface area contributed by atoms with Crippen molar-refractivity contribution in [2.45, 2.75) is 13.8 Å². The molecule has 0 bridgehead atoms. The molecule has 0 heterocycles. The van der Waals surface area contributed by atoms with Gasteiger partial charge in [0.25, 0.3) is 0 Å². The number of aliphatic hydroxyl groups is 2. The highest BCUT2D eigenvalue weighted by molar-refractivity contribution is 7.99. The number of thioether (sulfide) groups is 1. The average molecular weight is 221 g/mol. The van der Waals surface area contributed by atoms with Crippen LogP contribution in [0, 0.1) is 5.41 Å². The molecule has 86 valence electrons. The Hall–Kier alpha value is 0.230. The van der Waals surface area contributed by atoms with Crippen LogP contribution in [0.2, 0.25) is 0 Å². The number of hydrogen-bond acceptors (Lipinski definition) is 4. The summed E-state index contributed by atoms with van der Waals surface area (Å²) in [4.78, 5) is 2.16. The molecule has 0 aromatic heterocycles. The van der Waals surface area contributed by atoms with E-state index in [2.05, 4.69) is 11.8 Å². The van der Waals surface area contributed by atoms with E-state index in [-0.39, 0.29) is 18.6 Å². The molecule has 0 aliphatic rings. The van der Waals surface area contributed by atoms with Gasteiger partial charge in [-0.1, -0.05) is 13.8 Å². The third-order valence-electron chi connectivity index (χ3n) is 2.24. The molecule has 0 atom stereocenters. The molecule has 0 fully saturated rings. The van der Waals surface area contributed by atoms with Crippen LogP contribution >= 0.6 is 11.8 Å². The van der Waals surface area contributed by atoms with Crippen molar-refractivity contribution in [2.24, 2.45) is 5.41 Å². The first kappa shape index (κ1) is 14.2. The van der Waals surface area contributed by atoms with Crippen LogP contribution in [0.1, 0.15) is 13.8 Å². The van der Waals surface area contributed by atoms with Crippen LogP contribution in [0.25, 0.3) is 0 Å². The molecule has 0 aromatic rings. The molecule has 0 saturated heterocycles. The summed E-state index contributed by atoms with van der Waals surface area (Å²) in [5.41, 5.74) is -0.369. The van der Waals surface area contributed by atoms with Gasteiger partial charge in [0, 0.05) is 24.3 Å². The zero-order valence-electron chi connectivity index (χ0n) is 9.49. The summed E-state index contributed by atoms with van der Waals surface area (Å²) in [7, 11) is 2.03. The van der Waals surface area contributed by atoms with Crippen molar-refractivity contribution in [2.75, 3.05) is 44.9 Å². The molecule has 0 spiro atoms. The van der Waals surface area contributed by atoms with E-state index < -0.39 is 0 Å². The second-order valence-electron chi connectivity index (χ2n) is 4.06. The number of hydrogen-bond donors (Lipinski definition) is 2. The van der Waals surface area contributed by atoms with Gasteiger partial charge in [-0.25, -0.2) is 0 Å². The molecule has 3 nitrogen and oxygen atoms in total. The van der Waals surface area contributed by atoms with Gasteiger partial charge in [-0.3, -0.25) is 0 Å². The number of nitrogens with zero attached hydrogens (tertiary/aromatic N) is 1. The van der Waals surface area contributed by atoms with E-state index in [1.165, 1.54) is 0 Å². The summed E-state index contributed by atoms with van der Waals surface area (Å²) in [6.45, 7) is 5.87. The summed E-state index contributed by atoms with van der Waals surface area (Å²) in [5.74, 6) is 2.26. The second-order valence-corrected chi connectivity index (χ2v) is 5.46. The fourth-order valence-corrected chi connectivity index (χ4v) is 1.97. The molecular formula is C10H23NO2S. The summed E-state index contributed by atoms with van der Waals surface area (Å²) < 4.78 is 0. The Bertz CT molecular complexity index is 140. The van der Waals surface area contributed by atoms with Crippen LogP contribution in [0.4, 0.5) is 0 Å². The smallest absolute Gasteiger partial charge is 0.0519 e. The molecule has 0 unspecified atom stereocenters. The van der Waals surface area contributed by atoms with Gasteiger partial charge in [-0.05, 0) is 12.8 Å². The Morgan fingerprint density at radius 2 is 1.86 bits per heavy atom. The third kappa shape index (κ3) is 5.86. The maximum atomic E-state index is 9.11. The van der Waals surface area contributed by atoms with Crippen LogP contribution in [-0.2, 0) is 0 Å². The van der Waals surface area contributed by atoms with Crippen molar-refractivity contribution < 1.29 is 10.2 Å². The zero-order chi connectivity index (χ0) is 11.0. The maximum absolute atomic E-state index is 9.11. The summed E-state index contributed by atoms with van der Waals surface area (Å²) in [5, 5.41) is 18.2. The standard InChI is InChI=1S/C10H23NO2S/c1-4-14-6-5-11(3)7-10(2,8-12)9-13/h12-13H,4-9H2,1-3H3. The number of aliphatic hydroxyl groups excluding tert-OH is 2. The Kier molecular flexibility index (Phi) is 7.64. The van der Waals surface area contributed by atoms with Gasteiger partial charge >= 0.3 is 0 Å². The normalized spacial score (nSPS) is 12.4. The van der Waals surface area contributed by atoms with Gasteiger partial charge in [-0.2, -0.15) is 11.8 Å². The van der Waals surface area contributed by atoms with Crippen LogP contribution in [0.5, 0.6) is 0 Å². The van der Waals surface area contributed by atoms with E-state index in [0.717, 1.165) is 24.6 Å². The Labute approximate surface area is 91.5 Å². The zero-order valence-corrected chi connectivity index (χ0v) is 10.3. The molecule has 0 aliphatic heterocycles. The maximum Gasteiger partial charge on any atom is 0.0519 e. The first-order valence-corrected chi connectivity index (χ1v) is 6.21. The van der Waals surface area contributed by atoms with E-state index >= 15 is 0 Å². The van der Waals surface area contributed by atoms with E-state index in [1.54, 1.807) is 0 Å². The van der Waals surface area contributed by atoms with E-state index in [4.69, 9.17) is 10.2 Å². The van der Waals surface area contributed by atoms with Crippen LogP contribution in [0.3, 0.4) is 0 Å². The minimum atomic E-state index is -0.369. The Morgan fingerprint density at radius 3 is 2.29 bits per heavy atom. The molecular weight excluding hydrogens is 198 g/mol. The minimum Gasteiger partial charge on any atom is -0.396 e. The molecule has 0 rings (SSSR count). The summed E-state index contributed by atoms with van der Waals surface area (Å²) in [6, 6.07) is 0. The van der Waals surface area contributed by atoms with Gasteiger partial charge in [0.15, 0.2) is 0 Å². The first-order chi connectivity index (χ1) is 6.58. The van der Waals surface area contributed by atoms with Gasteiger partial charge in [-0.15, -0.1) is 0 Å². The van der Waals surface area contributed by atoms with Crippen molar-refractivity contribution in [1.29, 1.82) is 0 Å². The molecule has 4 heteroatoms. The van der Waals surface area contributed by atoms with Crippen molar-refractivity contribution in [3.05, 3.63) is 0 Å². The van der Waals surface area contributed by atoms with E-state index in [1.807, 2.05) is 25.7 Å². The lowest BCUT2D eigenvalue weighted by Gasteiger charge is -2.30. The van der Waals surface area contributed by atoms with Gasteiger partial charge in [0.05, 0.1) is 13.2 Å². The molecule has 0 saturated carbocycles. The summed E-state index contributed by atoms with van der Waals surface area (Å²) in [6.07, 6.45) is 0. The fraction of sp³-hybridized carbons (Fsp3) is 1.00. The fourth-order valence-electron chi connectivity index (χ4n) is 1.25. The predicted molar refractivity (Wildman–Crippen MR) is 62.8 cm³/mol. The molecule has 2 N–H and O–H groups in total. The predicted octanol–water partition coefficient (Wildman–Crippen LogP) is 0.662. The Balaban J connectivity index is 3.73. The highest BCUT2D eigenvalue weighted by Gasteiger charge is 2.23. The minimum absolute atomic E-state index is 0.0365. The summed E-state index contributed by atoms with van der Waals surface area (Å²) >= 11 is 1.91. The Morgan fingerprint density at radius 1 is 1.29 bits per heavy atom. The third-order valence-corrected chi connectivity index (χ3v) is 3.12. The molecule has 0 radical (unpaired) electrons. The number of rotatable bonds is 8. The van der Waals surface area contributed by atoms with Gasteiger partial charge < -0.3 is 15.1 Å². The quantitative estimate of drug-likeness (QED) is 0.591. The largest absolute Gasteiger partial charge is 0.396 e. The van der Waals surface area contributed by atoms with Crippen LogP contribution < -0.4 is 0 Å². The topological polar surface area (TPSA) is 43.7 Å². The van der Waals surface area contributed by atoms with Crippen molar-refractivity contribution >= 4 is 11.8 Å². The van der Waals surface area contributed by atoms with Crippen molar-refractivity contribution in [1.82, 2.24) is 4.90 Å². The van der Waals surface area contributed by atoms with Gasteiger partial charge in [0.1, 0.15) is 0 Å². The molecule has 0 aromatic carbocycles. The van der Waals surface area contributed by atoms with Crippen LogP contribution in [-0.4, -0.2) is 60.0 Å². The lowest BCUT2D eigenvalue weighted by atomic mass is 9.92. The highest BCUT2D eigenvalue weighted by Crippen LogP contribution is 2.15. The SMILES string of the molecule is CCSCCN(C)CC(C)(CO)CO.